The molecule has 0 aromatic carbocycles. The van der Waals surface area contributed by atoms with E-state index in [1.807, 2.05) is 0 Å². The first-order chi connectivity index (χ1) is 5.56. The minimum atomic E-state index is -3.87. The van der Waals surface area contributed by atoms with Crippen molar-refractivity contribution in [2.75, 3.05) is 25.4 Å². The minimum absolute atomic E-state index is 0. The van der Waals surface area contributed by atoms with Gasteiger partial charge in [-0.25, -0.2) is 4.57 Å². The second kappa shape index (κ2) is 9.41. The standard InChI is InChI=1S/C5H15N2O3PS.H3P/c6-2-1-3-7-4-5-12-11(8,9)10;/h7H,1-6H2,(H2,8,9,10);1H3. The normalized spacial score (nSPS) is 11.0. The van der Waals surface area contributed by atoms with Crippen LogP contribution < -0.4 is 11.1 Å². The minimum Gasteiger partial charge on any atom is -0.330 e. The highest BCUT2D eigenvalue weighted by Crippen LogP contribution is 2.49. The van der Waals surface area contributed by atoms with E-state index in [9.17, 15) is 4.57 Å². The molecule has 0 heterocycles. The van der Waals surface area contributed by atoms with Crippen molar-refractivity contribution in [1.82, 2.24) is 5.32 Å². The van der Waals surface area contributed by atoms with Gasteiger partial charge in [0.1, 0.15) is 0 Å². The molecule has 0 rings (SSSR count). The van der Waals surface area contributed by atoms with Gasteiger partial charge in [-0.15, -0.1) is 0 Å². The number of nitrogens with two attached hydrogens (primary N) is 1. The van der Waals surface area contributed by atoms with Gasteiger partial charge in [0.25, 0.3) is 0 Å². The van der Waals surface area contributed by atoms with Gasteiger partial charge in [-0.1, -0.05) is 0 Å². The summed E-state index contributed by atoms with van der Waals surface area (Å²) in [7, 11) is 0. The van der Waals surface area contributed by atoms with Gasteiger partial charge in [0.05, 0.1) is 0 Å². The van der Waals surface area contributed by atoms with E-state index in [1.165, 1.54) is 0 Å². The highest BCUT2D eigenvalue weighted by molar-refractivity contribution is 8.54. The zero-order valence-corrected chi connectivity index (χ0v) is 10.6. The van der Waals surface area contributed by atoms with Crippen LogP contribution >= 0.6 is 28.1 Å². The summed E-state index contributed by atoms with van der Waals surface area (Å²) in [6, 6.07) is 0. The second-order valence-corrected chi connectivity index (χ2v) is 6.07. The quantitative estimate of drug-likeness (QED) is 0.368. The molecular formula is C5H18N2O3P2S. The van der Waals surface area contributed by atoms with Crippen molar-refractivity contribution < 1.29 is 14.4 Å². The lowest BCUT2D eigenvalue weighted by molar-refractivity contribution is 0.397. The fourth-order valence-electron chi connectivity index (χ4n) is 0.589. The van der Waals surface area contributed by atoms with Crippen molar-refractivity contribution in [1.29, 1.82) is 0 Å². The average Bonchev–Trinajstić information content (AvgIpc) is 1.94. The van der Waals surface area contributed by atoms with E-state index >= 15 is 0 Å². The monoisotopic (exact) mass is 248 g/mol. The summed E-state index contributed by atoms with van der Waals surface area (Å²) in [6.45, 7) is -1.82. The van der Waals surface area contributed by atoms with Crippen LogP contribution in [0.5, 0.6) is 0 Å². The van der Waals surface area contributed by atoms with Gasteiger partial charge >= 0.3 is 6.80 Å². The Bertz CT molecular complexity index is 155. The summed E-state index contributed by atoms with van der Waals surface area (Å²) in [5.41, 5.74) is 5.24. The molecule has 0 aromatic heterocycles. The van der Waals surface area contributed by atoms with Crippen molar-refractivity contribution in [3.8, 4) is 0 Å². The molecular weight excluding hydrogens is 230 g/mol. The molecule has 0 saturated carbocycles. The van der Waals surface area contributed by atoms with Gasteiger partial charge < -0.3 is 20.8 Å². The predicted molar refractivity (Wildman–Crippen MR) is 62.1 cm³/mol. The molecule has 8 heteroatoms. The maximum absolute atomic E-state index is 10.3. The molecule has 0 saturated heterocycles. The second-order valence-electron chi connectivity index (χ2n) is 2.22. The van der Waals surface area contributed by atoms with Crippen molar-refractivity contribution in [2.45, 2.75) is 6.42 Å². The van der Waals surface area contributed by atoms with Crippen LogP contribution in [0.3, 0.4) is 0 Å². The molecule has 0 aromatic rings. The lowest BCUT2D eigenvalue weighted by atomic mass is 10.4. The molecule has 0 aliphatic carbocycles. The molecule has 0 spiro atoms. The maximum atomic E-state index is 10.3. The number of hydrogen-bond acceptors (Lipinski definition) is 4. The SMILES string of the molecule is NCCCNCCSP(=O)(O)O.P. The smallest absolute Gasteiger partial charge is 0.330 e. The van der Waals surface area contributed by atoms with Crippen LogP contribution in [0.1, 0.15) is 6.42 Å². The molecule has 0 bridgehead atoms. The topological polar surface area (TPSA) is 95.6 Å². The third-order valence-electron chi connectivity index (χ3n) is 1.10. The van der Waals surface area contributed by atoms with Crippen LogP contribution in [0.2, 0.25) is 0 Å². The Morgan fingerprint density at radius 1 is 1.38 bits per heavy atom. The van der Waals surface area contributed by atoms with E-state index in [-0.39, 0.29) is 9.90 Å². The Hall–Kier alpha value is 0.850. The van der Waals surface area contributed by atoms with E-state index in [4.69, 9.17) is 15.5 Å². The van der Waals surface area contributed by atoms with Gasteiger partial charge in [0.15, 0.2) is 0 Å². The van der Waals surface area contributed by atoms with E-state index < -0.39 is 6.80 Å². The van der Waals surface area contributed by atoms with Gasteiger partial charge in [0.2, 0.25) is 0 Å². The lowest BCUT2D eigenvalue weighted by Crippen LogP contribution is -2.20. The third-order valence-corrected chi connectivity index (χ3v) is 3.38. The maximum Gasteiger partial charge on any atom is 0.384 e. The zero-order chi connectivity index (χ0) is 9.45. The molecule has 0 amide bonds. The molecule has 0 aliphatic heterocycles. The van der Waals surface area contributed by atoms with E-state index in [0.717, 1.165) is 13.0 Å². The van der Waals surface area contributed by atoms with Crippen molar-refractivity contribution in [3.05, 3.63) is 0 Å². The Labute approximate surface area is 85.8 Å². The fraction of sp³-hybridized carbons (Fsp3) is 1.00. The van der Waals surface area contributed by atoms with Crippen LogP contribution in [0.25, 0.3) is 0 Å². The molecule has 82 valence electrons. The number of hydrogen-bond donors (Lipinski definition) is 4. The lowest BCUT2D eigenvalue weighted by Gasteiger charge is -2.04. The highest BCUT2D eigenvalue weighted by atomic mass is 32.7. The summed E-state index contributed by atoms with van der Waals surface area (Å²) < 4.78 is 10.3. The van der Waals surface area contributed by atoms with Crippen LogP contribution in [-0.4, -0.2) is 35.2 Å². The predicted octanol–water partition coefficient (Wildman–Crippen LogP) is -0.191. The fourth-order valence-corrected chi connectivity index (χ4v) is 2.05. The zero-order valence-electron chi connectivity index (χ0n) is 7.48. The molecule has 0 fully saturated rings. The van der Waals surface area contributed by atoms with Crippen LogP contribution in [0.4, 0.5) is 0 Å². The number of rotatable bonds is 7. The summed E-state index contributed by atoms with van der Waals surface area (Å²) >= 11 is 0.665. The Morgan fingerprint density at radius 2 is 2.00 bits per heavy atom. The average molecular weight is 248 g/mol. The molecule has 13 heavy (non-hydrogen) atoms. The van der Waals surface area contributed by atoms with Gasteiger partial charge in [-0.2, -0.15) is 9.90 Å². The molecule has 1 atom stereocenters. The van der Waals surface area contributed by atoms with Crippen molar-refractivity contribution in [3.63, 3.8) is 0 Å². The molecule has 1 unspecified atom stereocenters. The summed E-state index contributed by atoms with van der Waals surface area (Å²) in [4.78, 5) is 16.9. The summed E-state index contributed by atoms with van der Waals surface area (Å²) in [5, 5.41) is 3.01. The van der Waals surface area contributed by atoms with Crippen LogP contribution in [-0.2, 0) is 4.57 Å². The first kappa shape index (κ1) is 16.3. The first-order valence-corrected chi connectivity index (χ1v) is 6.87. The van der Waals surface area contributed by atoms with Gasteiger partial charge in [-0.3, -0.25) is 0 Å². The molecule has 0 aliphatic rings. The Morgan fingerprint density at radius 3 is 2.46 bits per heavy atom. The molecule has 0 radical (unpaired) electrons. The number of nitrogens with one attached hydrogen (secondary N) is 1. The van der Waals surface area contributed by atoms with Crippen LogP contribution in [0, 0.1) is 0 Å². The van der Waals surface area contributed by atoms with Crippen molar-refractivity contribution >= 4 is 28.1 Å². The summed E-state index contributed by atoms with van der Waals surface area (Å²) in [5.74, 6) is 0.425. The van der Waals surface area contributed by atoms with Gasteiger partial charge in [-0.05, 0) is 30.9 Å². The Balaban J connectivity index is 0. The van der Waals surface area contributed by atoms with E-state index in [1.54, 1.807) is 0 Å². The third kappa shape index (κ3) is 15.6. The largest absolute Gasteiger partial charge is 0.384 e. The molecule has 5 nitrogen and oxygen atoms in total. The first-order valence-electron chi connectivity index (χ1n) is 3.67. The summed E-state index contributed by atoms with van der Waals surface area (Å²) in [6.07, 6.45) is 0.889. The van der Waals surface area contributed by atoms with Crippen LogP contribution in [0.15, 0.2) is 0 Å². The van der Waals surface area contributed by atoms with E-state index in [0.29, 0.717) is 30.2 Å². The van der Waals surface area contributed by atoms with Gasteiger partial charge in [0, 0.05) is 12.3 Å². The van der Waals surface area contributed by atoms with Crippen molar-refractivity contribution in [2.24, 2.45) is 5.73 Å². The highest BCUT2D eigenvalue weighted by Gasteiger charge is 2.11. The Kier molecular flexibility index (Phi) is 11.8. The van der Waals surface area contributed by atoms with E-state index in [2.05, 4.69) is 5.32 Å². The molecule has 5 N–H and O–H groups in total.